The molecule has 0 heterocycles. The molecule has 124 valence electrons. The van der Waals surface area contributed by atoms with Gasteiger partial charge in [0.1, 0.15) is 0 Å². The molecule has 2 aromatic carbocycles. The van der Waals surface area contributed by atoms with Gasteiger partial charge in [-0.25, -0.2) is 0 Å². The molecule has 2 rings (SSSR count). The second-order valence-electron chi connectivity index (χ2n) is 6.02. The molecule has 0 N–H and O–H groups in total. The molecule has 0 saturated heterocycles. The summed E-state index contributed by atoms with van der Waals surface area (Å²) < 4.78 is 0. The number of nitrogens with zero attached hydrogens (tertiary/aromatic N) is 1. The van der Waals surface area contributed by atoms with E-state index in [0.29, 0.717) is 0 Å². The standard InChI is InChI=1S/C22H30N.Li/c1-4-7-9-14-22(19-12-10-8-11-13-19)20-15-17-21(18-16-20)23(5-2)6-3;/h8,10-13,15-18H,4-7,9,14H2,1-3H3;/q-1;+1. The van der Waals surface area contributed by atoms with Crippen LogP contribution in [0.25, 0.3) is 0 Å². The van der Waals surface area contributed by atoms with Crippen molar-refractivity contribution in [3.05, 3.63) is 71.6 Å². The zero-order chi connectivity index (χ0) is 16.5. The molecule has 24 heavy (non-hydrogen) atoms. The zero-order valence-corrected chi connectivity index (χ0v) is 15.9. The maximum atomic E-state index is 2.39. The van der Waals surface area contributed by atoms with Crippen molar-refractivity contribution in [1.82, 2.24) is 0 Å². The molecule has 0 spiro atoms. The van der Waals surface area contributed by atoms with Gasteiger partial charge < -0.3 is 4.90 Å². The van der Waals surface area contributed by atoms with Crippen LogP contribution in [0.1, 0.15) is 57.6 Å². The molecule has 0 radical (unpaired) electrons. The Hall–Kier alpha value is -1.29. The Labute approximate surface area is 160 Å². The van der Waals surface area contributed by atoms with E-state index in [1.165, 1.54) is 42.0 Å². The van der Waals surface area contributed by atoms with Crippen LogP contribution in [0.4, 0.5) is 5.69 Å². The SMILES string of the molecule is CCCCC[C-](c1ccccc1)c1ccc(N(CC)CC)cc1.[Li+]. The van der Waals surface area contributed by atoms with E-state index in [9.17, 15) is 0 Å². The predicted octanol–water partition coefficient (Wildman–Crippen LogP) is 3.09. The summed E-state index contributed by atoms with van der Waals surface area (Å²) in [5, 5.41) is 0. The summed E-state index contributed by atoms with van der Waals surface area (Å²) in [6.07, 6.45) is 4.98. The first-order chi connectivity index (χ1) is 11.3. The second-order valence-corrected chi connectivity index (χ2v) is 6.02. The third kappa shape index (κ3) is 5.66. The first-order valence-corrected chi connectivity index (χ1v) is 9.06. The first kappa shape index (κ1) is 20.8. The van der Waals surface area contributed by atoms with E-state index in [1.54, 1.807) is 0 Å². The Morgan fingerprint density at radius 3 is 1.88 bits per heavy atom. The van der Waals surface area contributed by atoms with Crippen molar-refractivity contribution >= 4 is 5.69 Å². The van der Waals surface area contributed by atoms with Crippen molar-refractivity contribution in [1.29, 1.82) is 0 Å². The summed E-state index contributed by atoms with van der Waals surface area (Å²) in [6.45, 7) is 8.80. The summed E-state index contributed by atoms with van der Waals surface area (Å²) in [5.41, 5.74) is 4.04. The maximum Gasteiger partial charge on any atom is 1.00 e. The molecule has 0 bridgehead atoms. The van der Waals surface area contributed by atoms with Crippen LogP contribution in [0, 0.1) is 5.92 Å². The van der Waals surface area contributed by atoms with Gasteiger partial charge in [0, 0.05) is 18.8 Å². The van der Waals surface area contributed by atoms with Crippen LogP contribution in [-0.2, 0) is 0 Å². The van der Waals surface area contributed by atoms with E-state index in [2.05, 4.69) is 80.3 Å². The molecule has 0 amide bonds. The number of benzene rings is 2. The topological polar surface area (TPSA) is 3.24 Å². The van der Waals surface area contributed by atoms with E-state index in [0.717, 1.165) is 19.5 Å². The fraction of sp³-hybridized carbons (Fsp3) is 0.409. The van der Waals surface area contributed by atoms with Gasteiger partial charge in [-0.3, -0.25) is 0 Å². The normalized spacial score (nSPS) is 10.1. The molecule has 0 saturated carbocycles. The Morgan fingerprint density at radius 1 is 0.750 bits per heavy atom. The number of hydrogen-bond donors (Lipinski definition) is 0. The minimum Gasteiger partial charge on any atom is -0.373 e. The number of rotatable bonds is 9. The summed E-state index contributed by atoms with van der Waals surface area (Å²) >= 11 is 0. The monoisotopic (exact) mass is 315 g/mol. The van der Waals surface area contributed by atoms with Gasteiger partial charge in [0.25, 0.3) is 0 Å². The van der Waals surface area contributed by atoms with Crippen molar-refractivity contribution in [2.45, 2.75) is 46.5 Å². The first-order valence-electron chi connectivity index (χ1n) is 9.06. The van der Waals surface area contributed by atoms with Gasteiger partial charge in [-0.05, 0) is 13.8 Å². The molecular weight excluding hydrogens is 285 g/mol. The predicted molar refractivity (Wildman–Crippen MR) is 102 cm³/mol. The average Bonchev–Trinajstić information content (AvgIpc) is 2.61. The average molecular weight is 315 g/mol. The van der Waals surface area contributed by atoms with Crippen molar-refractivity contribution in [2.75, 3.05) is 18.0 Å². The Morgan fingerprint density at radius 2 is 1.33 bits per heavy atom. The van der Waals surface area contributed by atoms with Crippen molar-refractivity contribution < 1.29 is 18.9 Å². The Kier molecular flexibility index (Phi) is 9.77. The van der Waals surface area contributed by atoms with Gasteiger partial charge in [-0.15, -0.1) is 41.3 Å². The van der Waals surface area contributed by atoms with Crippen molar-refractivity contribution in [3.8, 4) is 0 Å². The third-order valence-electron chi connectivity index (χ3n) is 4.50. The quantitative estimate of drug-likeness (QED) is 0.390. The summed E-state index contributed by atoms with van der Waals surface area (Å²) in [7, 11) is 0. The van der Waals surface area contributed by atoms with Crippen LogP contribution in [0.2, 0.25) is 0 Å². The molecule has 0 aliphatic carbocycles. The van der Waals surface area contributed by atoms with Gasteiger partial charge in [0.15, 0.2) is 0 Å². The van der Waals surface area contributed by atoms with Crippen LogP contribution in [0.3, 0.4) is 0 Å². The summed E-state index contributed by atoms with van der Waals surface area (Å²) in [4.78, 5) is 2.39. The Balaban J connectivity index is 0.00000288. The molecule has 0 aliphatic heterocycles. The van der Waals surface area contributed by atoms with Gasteiger partial charge in [-0.1, -0.05) is 62.9 Å². The maximum absolute atomic E-state index is 2.39. The van der Waals surface area contributed by atoms with Gasteiger partial charge in [0.2, 0.25) is 0 Å². The zero-order valence-electron chi connectivity index (χ0n) is 15.9. The van der Waals surface area contributed by atoms with Crippen LogP contribution < -0.4 is 23.8 Å². The third-order valence-corrected chi connectivity index (χ3v) is 4.50. The fourth-order valence-corrected chi connectivity index (χ4v) is 3.11. The smallest absolute Gasteiger partial charge is 0.373 e. The number of hydrogen-bond acceptors (Lipinski definition) is 1. The molecule has 0 atom stereocenters. The molecule has 1 nitrogen and oxygen atoms in total. The minimum atomic E-state index is 0. The number of anilines is 1. The summed E-state index contributed by atoms with van der Waals surface area (Å²) in [6, 6.07) is 20.0. The van der Waals surface area contributed by atoms with E-state index in [1.807, 2.05) is 0 Å². The van der Waals surface area contributed by atoms with Gasteiger partial charge in [-0.2, -0.15) is 0 Å². The largest absolute Gasteiger partial charge is 1.00 e. The van der Waals surface area contributed by atoms with E-state index in [4.69, 9.17) is 0 Å². The second kappa shape index (κ2) is 11.3. The molecule has 0 fully saturated rings. The summed E-state index contributed by atoms with van der Waals surface area (Å²) in [5.74, 6) is 1.48. The van der Waals surface area contributed by atoms with E-state index in [-0.39, 0.29) is 18.9 Å². The van der Waals surface area contributed by atoms with Gasteiger partial charge >= 0.3 is 18.9 Å². The molecular formula is C22H30LiN. The van der Waals surface area contributed by atoms with Crippen molar-refractivity contribution in [3.63, 3.8) is 0 Å². The van der Waals surface area contributed by atoms with Crippen LogP contribution in [0.15, 0.2) is 54.6 Å². The van der Waals surface area contributed by atoms with Gasteiger partial charge in [0.05, 0.1) is 0 Å². The van der Waals surface area contributed by atoms with Crippen LogP contribution >= 0.6 is 0 Å². The molecule has 0 aliphatic rings. The van der Waals surface area contributed by atoms with E-state index < -0.39 is 0 Å². The Bertz CT molecular complexity index is 546. The molecule has 2 aromatic rings. The minimum absolute atomic E-state index is 0. The van der Waals surface area contributed by atoms with Crippen LogP contribution in [-0.4, -0.2) is 13.1 Å². The van der Waals surface area contributed by atoms with Crippen LogP contribution in [0.5, 0.6) is 0 Å². The molecule has 2 heteroatoms. The van der Waals surface area contributed by atoms with E-state index >= 15 is 0 Å². The molecule has 0 unspecified atom stereocenters. The van der Waals surface area contributed by atoms with Crippen molar-refractivity contribution in [2.24, 2.45) is 0 Å². The molecule has 0 aromatic heterocycles. The fourth-order valence-electron chi connectivity index (χ4n) is 3.11. The number of unbranched alkanes of at least 4 members (excludes halogenated alkanes) is 2.